The molecule has 2 fully saturated rings. The van der Waals surface area contributed by atoms with Gasteiger partial charge in [0.1, 0.15) is 6.61 Å². The van der Waals surface area contributed by atoms with Crippen molar-refractivity contribution in [3.63, 3.8) is 0 Å². The molecule has 1 aromatic rings. The Hall–Kier alpha value is -1.59. The van der Waals surface area contributed by atoms with E-state index in [-0.39, 0.29) is 12.2 Å². The molecule has 2 aliphatic heterocycles. The summed E-state index contributed by atoms with van der Waals surface area (Å²) in [5, 5.41) is 9.60. The largest absolute Gasteiger partial charge is 0.445 e. The van der Waals surface area contributed by atoms with Crippen molar-refractivity contribution in [1.29, 1.82) is 0 Å². The first kappa shape index (κ1) is 16.3. The van der Waals surface area contributed by atoms with E-state index in [1.54, 1.807) is 0 Å². The van der Waals surface area contributed by atoms with Crippen LogP contribution in [0.3, 0.4) is 0 Å². The molecule has 1 amide bonds. The highest BCUT2D eigenvalue weighted by atomic mass is 16.6. The molecule has 0 radical (unpaired) electrons. The number of aliphatic hydroxyl groups is 1. The lowest BCUT2D eigenvalue weighted by Gasteiger charge is -2.40. The predicted octanol–water partition coefficient (Wildman–Crippen LogP) is 2.24. The zero-order chi connectivity index (χ0) is 16.1. The van der Waals surface area contributed by atoms with Gasteiger partial charge in [0.15, 0.2) is 0 Å². The monoisotopic (exact) mass is 318 g/mol. The maximum atomic E-state index is 12.2. The summed E-state index contributed by atoms with van der Waals surface area (Å²) in [5.74, 6) is 0. The Morgan fingerprint density at radius 3 is 2.35 bits per heavy atom. The molecule has 2 saturated heterocycles. The molecule has 126 valence electrons. The van der Waals surface area contributed by atoms with E-state index in [2.05, 4.69) is 4.90 Å². The summed E-state index contributed by atoms with van der Waals surface area (Å²) in [4.78, 5) is 16.4. The molecule has 5 heteroatoms. The van der Waals surface area contributed by atoms with Crippen LogP contribution in [0.25, 0.3) is 0 Å². The van der Waals surface area contributed by atoms with Crippen molar-refractivity contribution < 1.29 is 14.6 Å². The number of ether oxygens (including phenoxy) is 1. The molecule has 0 atom stereocenters. The molecule has 1 aromatic carbocycles. The summed E-state index contributed by atoms with van der Waals surface area (Å²) in [6.45, 7) is 3.81. The van der Waals surface area contributed by atoms with Gasteiger partial charge in [-0.1, -0.05) is 30.3 Å². The summed E-state index contributed by atoms with van der Waals surface area (Å²) in [7, 11) is 0. The van der Waals surface area contributed by atoms with Crippen LogP contribution in [0.4, 0.5) is 4.79 Å². The summed E-state index contributed by atoms with van der Waals surface area (Å²) in [6.07, 6.45) is 3.41. The van der Waals surface area contributed by atoms with Crippen LogP contribution in [0, 0.1) is 0 Å². The summed E-state index contributed by atoms with van der Waals surface area (Å²) in [6, 6.07) is 10.3. The van der Waals surface area contributed by atoms with Crippen molar-refractivity contribution in [3.8, 4) is 0 Å². The minimum absolute atomic E-state index is 0.126. The highest BCUT2D eigenvalue weighted by Gasteiger charge is 2.29. The number of hydrogen-bond donors (Lipinski definition) is 1. The molecule has 2 heterocycles. The van der Waals surface area contributed by atoms with Gasteiger partial charge in [-0.3, -0.25) is 0 Å². The average molecular weight is 318 g/mol. The van der Waals surface area contributed by atoms with E-state index in [0.717, 1.165) is 57.4 Å². The lowest BCUT2D eigenvalue weighted by molar-refractivity contribution is 0.0337. The summed E-state index contributed by atoms with van der Waals surface area (Å²) in [5.41, 5.74) is 1.02. The van der Waals surface area contributed by atoms with Crippen LogP contribution in [0.5, 0.6) is 0 Å². The number of rotatable bonds is 3. The van der Waals surface area contributed by atoms with Crippen LogP contribution in [-0.2, 0) is 11.3 Å². The van der Waals surface area contributed by atoms with Crippen molar-refractivity contribution in [1.82, 2.24) is 9.80 Å². The topological polar surface area (TPSA) is 53.0 Å². The third-order valence-corrected chi connectivity index (χ3v) is 4.94. The Morgan fingerprint density at radius 2 is 1.70 bits per heavy atom. The number of amides is 1. The molecule has 0 bridgehead atoms. The van der Waals surface area contributed by atoms with Gasteiger partial charge in [0, 0.05) is 32.2 Å². The smallest absolute Gasteiger partial charge is 0.410 e. The standard InChI is InChI=1S/C18H26N2O3/c21-17-8-12-19(13-9-17)16-6-10-20(11-7-16)18(22)23-14-15-4-2-1-3-5-15/h1-5,16-17,21H,6-14H2. The van der Waals surface area contributed by atoms with Crippen molar-refractivity contribution in [2.24, 2.45) is 0 Å². The van der Waals surface area contributed by atoms with E-state index in [1.165, 1.54) is 0 Å². The van der Waals surface area contributed by atoms with E-state index in [0.29, 0.717) is 12.6 Å². The van der Waals surface area contributed by atoms with E-state index < -0.39 is 0 Å². The second-order valence-electron chi connectivity index (χ2n) is 6.53. The minimum Gasteiger partial charge on any atom is -0.445 e. The Bertz CT molecular complexity index is 492. The quantitative estimate of drug-likeness (QED) is 0.929. The lowest BCUT2D eigenvalue weighted by Crippen LogP contribution is -2.49. The first-order valence-electron chi connectivity index (χ1n) is 8.60. The molecule has 3 rings (SSSR count). The lowest BCUT2D eigenvalue weighted by atomic mass is 9.99. The Kier molecular flexibility index (Phi) is 5.51. The highest BCUT2D eigenvalue weighted by Crippen LogP contribution is 2.21. The number of carbonyl (C=O) groups is 1. The van der Waals surface area contributed by atoms with Gasteiger partial charge in [0.2, 0.25) is 0 Å². The first-order valence-corrected chi connectivity index (χ1v) is 8.60. The number of aliphatic hydroxyl groups excluding tert-OH is 1. The first-order chi connectivity index (χ1) is 11.2. The zero-order valence-corrected chi connectivity index (χ0v) is 13.6. The van der Waals surface area contributed by atoms with Crippen molar-refractivity contribution >= 4 is 6.09 Å². The van der Waals surface area contributed by atoms with Crippen molar-refractivity contribution in [2.45, 2.75) is 44.4 Å². The molecule has 23 heavy (non-hydrogen) atoms. The third kappa shape index (κ3) is 4.45. The van der Waals surface area contributed by atoms with Gasteiger partial charge in [-0.05, 0) is 31.2 Å². The summed E-state index contributed by atoms with van der Waals surface area (Å²) >= 11 is 0. The number of likely N-dealkylation sites (tertiary alicyclic amines) is 2. The van der Waals surface area contributed by atoms with Gasteiger partial charge in [-0.15, -0.1) is 0 Å². The van der Waals surface area contributed by atoms with E-state index in [4.69, 9.17) is 4.74 Å². The van der Waals surface area contributed by atoms with Gasteiger partial charge in [0.25, 0.3) is 0 Å². The van der Waals surface area contributed by atoms with Gasteiger partial charge >= 0.3 is 6.09 Å². The average Bonchev–Trinajstić information content (AvgIpc) is 2.61. The highest BCUT2D eigenvalue weighted by molar-refractivity contribution is 5.67. The van der Waals surface area contributed by atoms with Crippen LogP contribution in [0.15, 0.2) is 30.3 Å². The SMILES string of the molecule is O=C(OCc1ccccc1)N1CCC(N2CCC(O)CC2)CC1. The Balaban J connectivity index is 1.40. The van der Waals surface area contributed by atoms with Crippen LogP contribution >= 0.6 is 0 Å². The number of nitrogens with zero attached hydrogens (tertiary/aromatic N) is 2. The summed E-state index contributed by atoms with van der Waals surface area (Å²) < 4.78 is 5.40. The van der Waals surface area contributed by atoms with Gasteiger partial charge < -0.3 is 19.6 Å². The minimum atomic E-state index is -0.207. The van der Waals surface area contributed by atoms with Crippen LogP contribution in [0.1, 0.15) is 31.2 Å². The molecule has 1 N–H and O–H groups in total. The van der Waals surface area contributed by atoms with Crippen LogP contribution in [0.2, 0.25) is 0 Å². The van der Waals surface area contributed by atoms with Crippen molar-refractivity contribution in [2.75, 3.05) is 26.2 Å². The molecule has 0 saturated carbocycles. The molecule has 0 spiro atoms. The molecule has 0 unspecified atom stereocenters. The normalized spacial score (nSPS) is 21.3. The fourth-order valence-corrected chi connectivity index (χ4v) is 3.48. The molecular formula is C18H26N2O3. The molecule has 5 nitrogen and oxygen atoms in total. The van der Waals surface area contributed by atoms with Gasteiger partial charge in [-0.25, -0.2) is 4.79 Å². The number of hydrogen-bond acceptors (Lipinski definition) is 4. The second kappa shape index (κ2) is 7.79. The molecule has 0 aliphatic carbocycles. The number of carbonyl (C=O) groups excluding carboxylic acids is 1. The van der Waals surface area contributed by atoms with Crippen LogP contribution < -0.4 is 0 Å². The van der Waals surface area contributed by atoms with Crippen LogP contribution in [-0.4, -0.2) is 59.3 Å². The Labute approximate surface area is 137 Å². The number of benzene rings is 1. The molecule has 0 aromatic heterocycles. The second-order valence-corrected chi connectivity index (χ2v) is 6.53. The van der Waals surface area contributed by atoms with Gasteiger partial charge in [-0.2, -0.15) is 0 Å². The molecular weight excluding hydrogens is 292 g/mol. The fraction of sp³-hybridized carbons (Fsp3) is 0.611. The van der Waals surface area contributed by atoms with E-state index in [9.17, 15) is 9.90 Å². The fourth-order valence-electron chi connectivity index (χ4n) is 3.48. The zero-order valence-electron chi connectivity index (χ0n) is 13.6. The Morgan fingerprint density at radius 1 is 1.04 bits per heavy atom. The van der Waals surface area contributed by atoms with Crippen molar-refractivity contribution in [3.05, 3.63) is 35.9 Å². The van der Waals surface area contributed by atoms with Gasteiger partial charge in [0.05, 0.1) is 6.10 Å². The maximum Gasteiger partial charge on any atom is 0.410 e. The predicted molar refractivity (Wildman–Crippen MR) is 88.0 cm³/mol. The molecule has 2 aliphatic rings. The van der Waals surface area contributed by atoms with E-state index in [1.807, 2.05) is 35.2 Å². The number of piperidine rings is 2. The third-order valence-electron chi connectivity index (χ3n) is 4.94. The maximum absolute atomic E-state index is 12.2. The van der Waals surface area contributed by atoms with E-state index >= 15 is 0 Å².